The average Bonchev–Trinajstić information content (AvgIpc) is 4.13. The fourth-order valence-electron chi connectivity index (χ4n) is 12.6. The second-order valence-electron chi connectivity index (χ2n) is 21.3. The average molecular weight is 996 g/mol. The third-order valence-electron chi connectivity index (χ3n) is 16.5. The van der Waals surface area contributed by atoms with Crippen molar-refractivity contribution in [1.82, 2.24) is 9.13 Å². The van der Waals surface area contributed by atoms with Crippen molar-refractivity contribution in [2.75, 3.05) is 4.90 Å². The summed E-state index contributed by atoms with van der Waals surface area (Å²) in [5.41, 5.74) is 25.3. The zero-order valence-electron chi connectivity index (χ0n) is 43.5. The van der Waals surface area contributed by atoms with E-state index in [-0.39, 0.29) is 5.41 Å². The van der Waals surface area contributed by atoms with Crippen LogP contribution in [0.25, 0.3) is 111 Å². The first-order chi connectivity index (χ1) is 38.4. The maximum absolute atomic E-state index is 2.41. The minimum atomic E-state index is -0.110. The number of para-hydroxylation sites is 3. The highest BCUT2D eigenvalue weighted by molar-refractivity contribution is 6.13. The van der Waals surface area contributed by atoms with Gasteiger partial charge in [-0.25, -0.2) is 0 Å². The SMILES string of the molecule is CC1(C)c2ccccc2-c2ccc(N(c3ccc(-c4ccccc4)cc3)c3ccc(-c4ccc(-c5ccc6c(c5)c5cc(-c7ccc8c(c7)c7ccccc7n8-c7ccccc7)ccc5n6-c5ccccc5)cc4)cc3)cc21. The molecule has 3 nitrogen and oxygen atoms in total. The Balaban J connectivity index is 0.776. The Morgan fingerprint density at radius 2 is 0.615 bits per heavy atom. The summed E-state index contributed by atoms with van der Waals surface area (Å²) in [5, 5.41) is 4.96. The van der Waals surface area contributed by atoms with Crippen molar-refractivity contribution in [3.63, 3.8) is 0 Å². The molecule has 0 fully saturated rings. The fraction of sp³-hybridized carbons (Fsp3) is 0.0400. The molecule has 0 aliphatic heterocycles. The molecule has 368 valence electrons. The van der Waals surface area contributed by atoms with Crippen LogP contribution in [0.5, 0.6) is 0 Å². The Morgan fingerprint density at radius 3 is 1.15 bits per heavy atom. The van der Waals surface area contributed by atoms with E-state index < -0.39 is 0 Å². The molecule has 0 radical (unpaired) electrons. The molecule has 14 aromatic rings. The van der Waals surface area contributed by atoms with Gasteiger partial charge < -0.3 is 14.0 Å². The smallest absolute Gasteiger partial charge is 0.0541 e. The summed E-state index contributed by atoms with van der Waals surface area (Å²) in [4.78, 5) is 2.40. The second-order valence-corrected chi connectivity index (χ2v) is 21.3. The third-order valence-corrected chi connectivity index (χ3v) is 16.5. The van der Waals surface area contributed by atoms with Crippen LogP contribution in [0.3, 0.4) is 0 Å². The third kappa shape index (κ3) is 7.42. The van der Waals surface area contributed by atoms with E-state index in [0.29, 0.717) is 0 Å². The van der Waals surface area contributed by atoms with Gasteiger partial charge in [-0.15, -0.1) is 0 Å². The van der Waals surface area contributed by atoms with Crippen molar-refractivity contribution in [3.8, 4) is 67.0 Å². The van der Waals surface area contributed by atoms with Crippen molar-refractivity contribution in [3.05, 3.63) is 296 Å². The molecule has 15 rings (SSSR count). The van der Waals surface area contributed by atoms with Crippen LogP contribution < -0.4 is 4.90 Å². The second kappa shape index (κ2) is 18.1. The minimum Gasteiger partial charge on any atom is -0.310 e. The summed E-state index contributed by atoms with van der Waals surface area (Å²) in [6.45, 7) is 4.71. The molecule has 1 aliphatic rings. The summed E-state index contributed by atoms with van der Waals surface area (Å²) >= 11 is 0. The van der Waals surface area contributed by atoms with E-state index in [1.165, 1.54) is 110 Å². The number of fused-ring (bicyclic) bond motifs is 9. The summed E-state index contributed by atoms with van der Waals surface area (Å²) in [5.74, 6) is 0. The van der Waals surface area contributed by atoms with Crippen LogP contribution in [0.1, 0.15) is 25.0 Å². The number of anilines is 3. The Morgan fingerprint density at radius 1 is 0.256 bits per heavy atom. The maximum Gasteiger partial charge on any atom is 0.0541 e. The Kier molecular flexibility index (Phi) is 10.6. The molecule has 3 heteroatoms. The Labute approximate surface area is 454 Å². The first kappa shape index (κ1) is 45.4. The van der Waals surface area contributed by atoms with E-state index in [2.05, 4.69) is 313 Å². The van der Waals surface area contributed by atoms with Gasteiger partial charge in [-0.1, -0.05) is 196 Å². The number of nitrogens with zero attached hydrogens (tertiary/aromatic N) is 3. The molecule has 0 saturated heterocycles. The van der Waals surface area contributed by atoms with Gasteiger partial charge in [0, 0.05) is 55.4 Å². The lowest BCUT2D eigenvalue weighted by molar-refractivity contribution is 0.660. The largest absolute Gasteiger partial charge is 0.310 e. The normalized spacial score (nSPS) is 12.6. The van der Waals surface area contributed by atoms with E-state index >= 15 is 0 Å². The molecule has 2 aromatic heterocycles. The van der Waals surface area contributed by atoms with Crippen molar-refractivity contribution >= 4 is 60.7 Å². The lowest BCUT2D eigenvalue weighted by Gasteiger charge is -2.28. The molecule has 0 bridgehead atoms. The molecule has 0 saturated carbocycles. The highest BCUT2D eigenvalue weighted by atomic mass is 15.1. The van der Waals surface area contributed by atoms with Crippen molar-refractivity contribution in [2.45, 2.75) is 19.3 Å². The number of rotatable bonds is 9. The fourth-order valence-corrected chi connectivity index (χ4v) is 12.6. The van der Waals surface area contributed by atoms with Crippen LogP contribution in [0.15, 0.2) is 285 Å². The van der Waals surface area contributed by atoms with Gasteiger partial charge in [0.15, 0.2) is 0 Å². The maximum atomic E-state index is 2.41. The van der Waals surface area contributed by atoms with Gasteiger partial charge in [0.1, 0.15) is 0 Å². The summed E-state index contributed by atoms with van der Waals surface area (Å²) < 4.78 is 4.79. The standard InChI is InChI=1S/C75H53N3/c1-75(2)69-24-14-12-22-63(69)64-42-41-62(49-70(64)75)76(60-37-30-52(31-38-60)50-16-6-3-7-17-50)61-39-32-53(33-40-61)51-26-28-54(29-27-51)55-34-43-73-67(46-55)68-48-57(36-45-74(68)78(73)59-20-10-5-11-21-59)56-35-44-72-66(47-56)65-23-13-15-25-71(65)77(72)58-18-8-4-9-19-58/h3-49H,1-2H3. The molecule has 0 spiro atoms. The zero-order chi connectivity index (χ0) is 51.9. The lowest BCUT2D eigenvalue weighted by atomic mass is 9.82. The van der Waals surface area contributed by atoms with Gasteiger partial charge >= 0.3 is 0 Å². The highest BCUT2D eigenvalue weighted by Gasteiger charge is 2.36. The van der Waals surface area contributed by atoms with Crippen LogP contribution in [-0.4, -0.2) is 9.13 Å². The monoisotopic (exact) mass is 995 g/mol. The van der Waals surface area contributed by atoms with E-state index in [0.717, 1.165) is 28.4 Å². The van der Waals surface area contributed by atoms with Crippen LogP contribution in [0.2, 0.25) is 0 Å². The summed E-state index contributed by atoms with van der Waals surface area (Å²) in [6, 6.07) is 105. The number of aromatic nitrogens is 2. The van der Waals surface area contributed by atoms with Gasteiger partial charge in [0.25, 0.3) is 0 Å². The van der Waals surface area contributed by atoms with Crippen molar-refractivity contribution < 1.29 is 0 Å². The predicted octanol–water partition coefficient (Wildman–Crippen LogP) is 20.3. The van der Waals surface area contributed by atoms with Gasteiger partial charge in [0.2, 0.25) is 0 Å². The molecule has 12 aromatic carbocycles. The van der Waals surface area contributed by atoms with E-state index in [9.17, 15) is 0 Å². The molecular formula is C75H53N3. The van der Waals surface area contributed by atoms with Crippen molar-refractivity contribution in [1.29, 1.82) is 0 Å². The Hall–Kier alpha value is -9.96. The van der Waals surface area contributed by atoms with Gasteiger partial charge in [-0.05, 0) is 170 Å². The van der Waals surface area contributed by atoms with Crippen LogP contribution in [-0.2, 0) is 5.41 Å². The van der Waals surface area contributed by atoms with Gasteiger partial charge in [-0.3, -0.25) is 0 Å². The van der Waals surface area contributed by atoms with Gasteiger partial charge in [-0.2, -0.15) is 0 Å². The van der Waals surface area contributed by atoms with E-state index in [1.807, 2.05) is 0 Å². The highest BCUT2D eigenvalue weighted by Crippen LogP contribution is 2.51. The Bertz CT molecular complexity index is 4580. The minimum absolute atomic E-state index is 0.110. The zero-order valence-corrected chi connectivity index (χ0v) is 43.5. The molecule has 0 amide bonds. The van der Waals surface area contributed by atoms with Crippen LogP contribution >= 0.6 is 0 Å². The topological polar surface area (TPSA) is 13.1 Å². The molecule has 2 heterocycles. The van der Waals surface area contributed by atoms with Crippen LogP contribution in [0, 0.1) is 0 Å². The first-order valence-electron chi connectivity index (χ1n) is 27.1. The molecular weight excluding hydrogens is 943 g/mol. The molecule has 0 atom stereocenters. The molecule has 78 heavy (non-hydrogen) atoms. The lowest BCUT2D eigenvalue weighted by Crippen LogP contribution is -2.16. The molecule has 0 N–H and O–H groups in total. The summed E-state index contributed by atoms with van der Waals surface area (Å²) in [7, 11) is 0. The number of hydrogen-bond acceptors (Lipinski definition) is 1. The quantitative estimate of drug-likeness (QED) is 0.140. The summed E-state index contributed by atoms with van der Waals surface area (Å²) in [6.07, 6.45) is 0. The van der Waals surface area contributed by atoms with Crippen molar-refractivity contribution in [2.24, 2.45) is 0 Å². The van der Waals surface area contributed by atoms with Crippen LogP contribution in [0.4, 0.5) is 17.1 Å². The number of benzene rings is 12. The molecule has 1 aliphatic carbocycles. The predicted molar refractivity (Wildman–Crippen MR) is 329 cm³/mol. The number of hydrogen-bond donors (Lipinski definition) is 0. The van der Waals surface area contributed by atoms with E-state index in [4.69, 9.17) is 0 Å². The molecule has 0 unspecified atom stereocenters. The first-order valence-corrected chi connectivity index (χ1v) is 27.1. The van der Waals surface area contributed by atoms with Gasteiger partial charge in [0.05, 0.1) is 22.1 Å². The van der Waals surface area contributed by atoms with E-state index in [1.54, 1.807) is 0 Å².